The lowest BCUT2D eigenvalue weighted by Crippen LogP contribution is -2.31. The minimum atomic E-state index is 0.0674. The molecule has 1 aliphatic rings. The summed E-state index contributed by atoms with van der Waals surface area (Å²) in [4.78, 5) is 16.8. The minimum absolute atomic E-state index is 0.0674. The first-order chi connectivity index (χ1) is 10.2. The summed E-state index contributed by atoms with van der Waals surface area (Å²) in [5.74, 6) is 0.785. The molecular weight excluding hydrogens is 262 g/mol. The van der Waals surface area contributed by atoms with Gasteiger partial charge in [0, 0.05) is 35.3 Å². The van der Waals surface area contributed by atoms with E-state index in [-0.39, 0.29) is 11.6 Å². The van der Waals surface area contributed by atoms with Gasteiger partial charge in [0.05, 0.1) is 0 Å². The molecule has 1 aliphatic heterocycles. The van der Waals surface area contributed by atoms with Gasteiger partial charge in [0.2, 0.25) is 0 Å². The lowest BCUT2D eigenvalue weighted by atomic mass is 10.0. The van der Waals surface area contributed by atoms with Gasteiger partial charge < -0.3 is 5.32 Å². The predicted octanol–water partition coefficient (Wildman–Crippen LogP) is 3.36. The Morgan fingerprint density at radius 2 is 2.10 bits per heavy atom. The number of allylic oxidation sites excluding steroid dienone is 1. The highest BCUT2D eigenvalue weighted by Crippen LogP contribution is 2.29. The number of hydrogen-bond donors (Lipinski definition) is 1. The first-order valence-corrected chi connectivity index (χ1v) is 7.26. The predicted molar refractivity (Wildman–Crippen MR) is 85.2 cm³/mol. The third kappa shape index (κ3) is 2.61. The van der Waals surface area contributed by atoms with Gasteiger partial charge in [-0.3, -0.25) is 9.36 Å². The lowest BCUT2D eigenvalue weighted by Gasteiger charge is -2.26. The third-order valence-corrected chi connectivity index (χ3v) is 3.91. The molecule has 1 unspecified atom stereocenters. The number of anilines is 1. The second-order valence-corrected chi connectivity index (χ2v) is 5.51. The van der Waals surface area contributed by atoms with Gasteiger partial charge in [-0.25, -0.2) is 4.98 Å². The summed E-state index contributed by atoms with van der Waals surface area (Å²) in [6.07, 6.45) is 5.52. The highest BCUT2D eigenvalue weighted by atomic mass is 16.1. The van der Waals surface area contributed by atoms with Crippen LogP contribution in [0.15, 0.2) is 47.5 Å². The Kier molecular flexibility index (Phi) is 3.60. The van der Waals surface area contributed by atoms with E-state index in [1.54, 1.807) is 6.20 Å². The van der Waals surface area contributed by atoms with Gasteiger partial charge in [-0.1, -0.05) is 18.2 Å². The normalized spacial score (nSPS) is 19.3. The van der Waals surface area contributed by atoms with Crippen molar-refractivity contribution < 1.29 is 0 Å². The fraction of sp³-hybridized carbons (Fsp3) is 0.294. The van der Waals surface area contributed by atoms with E-state index in [1.807, 2.05) is 48.0 Å². The number of para-hydroxylation sites is 1. The maximum Gasteiger partial charge on any atom is 0.256 e. The standard InChI is InChI=1S/C17H19N3O/c1-12-10-19-16-14(9-8-13(2)20(16)17(12)21)11-18-15-6-4-3-5-7-15/h3-7,10-11,13,18H,8-9H2,1-2H3/b14-11+. The van der Waals surface area contributed by atoms with Crippen LogP contribution < -0.4 is 10.9 Å². The van der Waals surface area contributed by atoms with E-state index in [4.69, 9.17) is 0 Å². The molecule has 2 aromatic rings. The van der Waals surface area contributed by atoms with Gasteiger partial charge in [0.25, 0.3) is 5.56 Å². The molecule has 108 valence electrons. The summed E-state index contributed by atoms with van der Waals surface area (Å²) in [6.45, 7) is 3.89. The van der Waals surface area contributed by atoms with Gasteiger partial charge in [-0.05, 0) is 38.8 Å². The van der Waals surface area contributed by atoms with Gasteiger partial charge in [0.1, 0.15) is 5.82 Å². The number of rotatable bonds is 2. The Morgan fingerprint density at radius 1 is 1.33 bits per heavy atom. The Balaban J connectivity index is 1.98. The molecule has 2 heterocycles. The molecule has 0 saturated heterocycles. The van der Waals surface area contributed by atoms with Crippen LogP contribution in [0.5, 0.6) is 0 Å². The molecular formula is C17H19N3O. The number of benzene rings is 1. The van der Waals surface area contributed by atoms with E-state index < -0.39 is 0 Å². The molecule has 1 N–H and O–H groups in total. The van der Waals surface area contributed by atoms with E-state index in [0.29, 0.717) is 5.56 Å². The summed E-state index contributed by atoms with van der Waals surface area (Å²) in [7, 11) is 0. The Hall–Kier alpha value is -2.36. The Morgan fingerprint density at radius 3 is 2.86 bits per heavy atom. The van der Waals surface area contributed by atoms with Crippen LogP contribution >= 0.6 is 0 Å². The van der Waals surface area contributed by atoms with Crippen LogP contribution in [0.25, 0.3) is 5.57 Å². The lowest BCUT2D eigenvalue weighted by molar-refractivity contribution is 0.461. The SMILES string of the molecule is Cc1cnc2n(c1=O)C(C)CC/C2=C\Nc1ccccc1. The van der Waals surface area contributed by atoms with Crippen LogP contribution in [0, 0.1) is 6.92 Å². The largest absolute Gasteiger partial charge is 0.361 e. The molecule has 4 nitrogen and oxygen atoms in total. The molecule has 4 heteroatoms. The summed E-state index contributed by atoms with van der Waals surface area (Å²) >= 11 is 0. The Labute approximate surface area is 124 Å². The van der Waals surface area contributed by atoms with E-state index in [1.165, 1.54) is 0 Å². The van der Waals surface area contributed by atoms with E-state index >= 15 is 0 Å². The summed E-state index contributed by atoms with van der Waals surface area (Å²) in [5.41, 5.74) is 2.87. The monoisotopic (exact) mass is 281 g/mol. The van der Waals surface area contributed by atoms with Crippen molar-refractivity contribution in [3.8, 4) is 0 Å². The molecule has 0 aliphatic carbocycles. The smallest absolute Gasteiger partial charge is 0.256 e. The Bertz CT molecular complexity index is 731. The van der Waals surface area contributed by atoms with Crippen molar-refractivity contribution in [1.82, 2.24) is 9.55 Å². The number of nitrogens with one attached hydrogen (secondary N) is 1. The zero-order chi connectivity index (χ0) is 14.8. The molecule has 1 aromatic heterocycles. The van der Waals surface area contributed by atoms with Gasteiger partial charge in [0.15, 0.2) is 0 Å². The highest BCUT2D eigenvalue weighted by Gasteiger charge is 2.22. The molecule has 0 saturated carbocycles. The zero-order valence-electron chi connectivity index (χ0n) is 12.3. The minimum Gasteiger partial charge on any atom is -0.361 e. The maximum absolute atomic E-state index is 12.3. The molecule has 0 fully saturated rings. The average molecular weight is 281 g/mol. The number of fused-ring (bicyclic) bond motifs is 1. The van der Waals surface area contributed by atoms with Gasteiger partial charge in [-0.15, -0.1) is 0 Å². The van der Waals surface area contributed by atoms with E-state index in [0.717, 1.165) is 29.9 Å². The number of hydrogen-bond acceptors (Lipinski definition) is 3. The van der Waals surface area contributed by atoms with Crippen molar-refractivity contribution in [3.05, 3.63) is 64.5 Å². The summed E-state index contributed by atoms with van der Waals surface area (Å²) in [6, 6.07) is 10.2. The van der Waals surface area contributed by atoms with Crippen molar-refractivity contribution in [2.24, 2.45) is 0 Å². The molecule has 1 aromatic carbocycles. The molecule has 21 heavy (non-hydrogen) atoms. The topological polar surface area (TPSA) is 46.9 Å². The fourth-order valence-corrected chi connectivity index (χ4v) is 2.65. The summed E-state index contributed by atoms with van der Waals surface area (Å²) in [5, 5.41) is 3.29. The maximum atomic E-state index is 12.3. The molecule has 0 bridgehead atoms. The van der Waals surface area contributed by atoms with Crippen LogP contribution in [-0.4, -0.2) is 9.55 Å². The molecule has 0 radical (unpaired) electrons. The molecule has 0 amide bonds. The van der Waals surface area contributed by atoms with Crippen LogP contribution in [0.3, 0.4) is 0 Å². The van der Waals surface area contributed by atoms with Crippen molar-refractivity contribution in [3.63, 3.8) is 0 Å². The molecule has 1 atom stereocenters. The second-order valence-electron chi connectivity index (χ2n) is 5.51. The second kappa shape index (κ2) is 5.56. The van der Waals surface area contributed by atoms with Crippen LogP contribution in [0.1, 0.15) is 37.2 Å². The third-order valence-electron chi connectivity index (χ3n) is 3.91. The van der Waals surface area contributed by atoms with Gasteiger partial charge in [-0.2, -0.15) is 0 Å². The zero-order valence-corrected chi connectivity index (χ0v) is 12.3. The molecule has 3 rings (SSSR count). The quantitative estimate of drug-likeness (QED) is 0.918. The van der Waals surface area contributed by atoms with E-state index in [2.05, 4.69) is 17.2 Å². The number of nitrogens with zero attached hydrogens (tertiary/aromatic N) is 2. The average Bonchev–Trinajstić information content (AvgIpc) is 2.51. The van der Waals surface area contributed by atoms with Crippen molar-refractivity contribution >= 4 is 11.3 Å². The molecule has 0 spiro atoms. The first-order valence-electron chi connectivity index (χ1n) is 7.26. The summed E-state index contributed by atoms with van der Waals surface area (Å²) < 4.78 is 1.82. The van der Waals surface area contributed by atoms with Crippen molar-refractivity contribution in [1.29, 1.82) is 0 Å². The van der Waals surface area contributed by atoms with Gasteiger partial charge >= 0.3 is 0 Å². The number of aromatic nitrogens is 2. The van der Waals surface area contributed by atoms with Crippen molar-refractivity contribution in [2.45, 2.75) is 32.7 Å². The van der Waals surface area contributed by atoms with Crippen LogP contribution in [-0.2, 0) is 0 Å². The van der Waals surface area contributed by atoms with E-state index in [9.17, 15) is 4.79 Å². The fourth-order valence-electron chi connectivity index (χ4n) is 2.65. The number of aryl methyl sites for hydroxylation is 1. The van der Waals surface area contributed by atoms with Crippen LogP contribution in [0.2, 0.25) is 0 Å². The first kappa shape index (κ1) is 13.6. The highest BCUT2D eigenvalue weighted by molar-refractivity contribution is 5.64. The van der Waals surface area contributed by atoms with Crippen LogP contribution in [0.4, 0.5) is 5.69 Å². The van der Waals surface area contributed by atoms with Crippen molar-refractivity contribution in [2.75, 3.05) is 5.32 Å².